The Bertz CT molecular complexity index is 733. The molecule has 3 aromatic rings. The van der Waals surface area contributed by atoms with Gasteiger partial charge in [-0.05, 0) is 18.4 Å². The van der Waals surface area contributed by atoms with Crippen LogP contribution in [0.15, 0.2) is 18.2 Å². The minimum absolute atomic E-state index is 0.482. The van der Waals surface area contributed by atoms with Gasteiger partial charge in [-0.15, -0.1) is 0 Å². The van der Waals surface area contributed by atoms with E-state index < -0.39 is 0 Å². The van der Waals surface area contributed by atoms with Crippen molar-refractivity contribution < 1.29 is 0 Å². The lowest BCUT2D eigenvalue weighted by molar-refractivity contribution is 1.12. The van der Waals surface area contributed by atoms with Crippen LogP contribution in [-0.4, -0.2) is 26.4 Å². The highest BCUT2D eigenvalue weighted by Crippen LogP contribution is 2.29. The van der Waals surface area contributed by atoms with Gasteiger partial charge in [0.1, 0.15) is 5.82 Å². The number of fused-ring (bicyclic) bond motifs is 1. The molecule has 0 radical (unpaired) electrons. The fourth-order valence-corrected chi connectivity index (χ4v) is 2.66. The zero-order valence-electron chi connectivity index (χ0n) is 10.2. The number of hydrogen-bond donors (Lipinski definition) is 3. The molecular weight excluding hydrogens is 282 g/mol. The van der Waals surface area contributed by atoms with E-state index in [0.29, 0.717) is 11.0 Å². The molecule has 0 atom stereocenters. The van der Waals surface area contributed by atoms with Gasteiger partial charge < -0.3 is 10.7 Å². The predicted octanol–water partition coefficient (Wildman–Crippen LogP) is 3.05. The van der Waals surface area contributed by atoms with Crippen LogP contribution >= 0.6 is 23.4 Å². The third-order valence-electron chi connectivity index (χ3n) is 2.87. The second-order valence-corrected chi connectivity index (χ2v) is 5.38. The summed E-state index contributed by atoms with van der Waals surface area (Å²) >= 11 is 7.86. The first-order valence-electron chi connectivity index (χ1n) is 5.66. The first-order chi connectivity index (χ1) is 9.19. The second kappa shape index (κ2) is 4.79. The molecule has 0 aliphatic heterocycles. The van der Waals surface area contributed by atoms with E-state index in [1.807, 2.05) is 24.5 Å². The standard InChI is InChI=1S/C12H12ClN5S/c1-19-5-9-15-10(11(13)16-9)6-2-3-7-8(4-6)17-18-12(7)14/h2-4H,5H2,1H3,(H,15,16)(H3,14,17,18). The summed E-state index contributed by atoms with van der Waals surface area (Å²) in [5.41, 5.74) is 8.41. The molecule has 0 spiro atoms. The van der Waals surface area contributed by atoms with Crippen molar-refractivity contribution in [3.8, 4) is 11.3 Å². The first-order valence-corrected chi connectivity index (χ1v) is 7.43. The number of aromatic nitrogens is 4. The average molecular weight is 294 g/mol. The average Bonchev–Trinajstić information content (AvgIpc) is 2.94. The van der Waals surface area contributed by atoms with Crippen molar-refractivity contribution in [3.63, 3.8) is 0 Å². The van der Waals surface area contributed by atoms with E-state index in [1.165, 1.54) is 0 Å². The summed E-state index contributed by atoms with van der Waals surface area (Å²) in [6.45, 7) is 0. The number of halogens is 1. The summed E-state index contributed by atoms with van der Waals surface area (Å²) in [4.78, 5) is 7.54. The number of hydrogen-bond acceptors (Lipinski definition) is 4. The molecule has 0 saturated carbocycles. The van der Waals surface area contributed by atoms with Gasteiger partial charge in [0.2, 0.25) is 0 Å². The molecule has 98 valence electrons. The molecule has 0 saturated heterocycles. The molecule has 19 heavy (non-hydrogen) atoms. The minimum atomic E-state index is 0.482. The molecule has 0 aliphatic rings. The van der Waals surface area contributed by atoms with Crippen LogP contribution in [0.25, 0.3) is 22.2 Å². The first kappa shape index (κ1) is 12.4. The highest BCUT2D eigenvalue weighted by molar-refractivity contribution is 7.97. The molecule has 2 heterocycles. The molecule has 0 bridgehead atoms. The van der Waals surface area contributed by atoms with Crippen molar-refractivity contribution in [2.75, 3.05) is 12.0 Å². The normalized spacial score (nSPS) is 11.3. The molecule has 1 aromatic carbocycles. The van der Waals surface area contributed by atoms with Gasteiger partial charge >= 0.3 is 0 Å². The Hall–Kier alpha value is -1.66. The Labute approximate surface area is 118 Å². The Kier molecular flexibility index (Phi) is 3.12. The van der Waals surface area contributed by atoms with Crippen LogP contribution in [0.4, 0.5) is 5.82 Å². The topological polar surface area (TPSA) is 83.4 Å². The lowest BCUT2D eigenvalue weighted by Crippen LogP contribution is -1.84. The third kappa shape index (κ3) is 2.17. The van der Waals surface area contributed by atoms with E-state index in [9.17, 15) is 0 Å². The van der Waals surface area contributed by atoms with Crippen LogP contribution in [0.1, 0.15) is 5.82 Å². The van der Waals surface area contributed by atoms with Gasteiger partial charge in [-0.25, -0.2) is 4.98 Å². The largest absolute Gasteiger partial charge is 0.382 e. The van der Waals surface area contributed by atoms with Crippen molar-refractivity contribution in [1.29, 1.82) is 0 Å². The fraction of sp³-hybridized carbons (Fsp3) is 0.167. The van der Waals surface area contributed by atoms with Gasteiger partial charge in [-0.3, -0.25) is 5.10 Å². The monoisotopic (exact) mass is 293 g/mol. The van der Waals surface area contributed by atoms with Crippen molar-refractivity contribution in [3.05, 3.63) is 29.2 Å². The molecule has 7 heteroatoms. The summed E-state index contributed by atoms with van der Waals surface area (Å²) in [6.07, 6.45) is 2.02. The van der Waals surface area contributed by atoms with Gasteiger partial charge in [-0.1, -0.05) is 17.7 Å². The zero-order chi connectivity index (χ0) is 13.4. The van der Waals surface area contributed by atoms with Crippen LogP contribution in [-0.2, 0) is 5.75 Å². The number of nitrogens with zero attached hydrogens (tertiary/aromatic N) is 2. The smallest absolute Gasteiger partial charge is 0.155 e. The lowest BCUT2D eigenvalue weighted by atomic mass is 10.1. The number of nitrogens with one attached hydrogen (secondary N) is 2. The number of nitrogens with two attached hydrogens (primary N) is 1. The maximum atomic E-state index is 6.17. The quantitative estimate of drug-likeness (QED) is 0.693. The van der Waals surface area contributed by atoms with E-state index in [0.717, 1.165) is 33.7 Å². The summed E-state index contributed by atoms with van der Waals surface area (Å²) in [6, 6.07) is 5.84. The highest BCUT2D eigenvalue weighted by atomic mass is 35.5. The molecule has 5 nitrogen and oxygen atoms in total. The fourth-order valence-electron chi connectivity index (χ4n) is 1.99. The Morgan fingerprint density at radius 3 is 3.05 bits per heavy atom. The van der Waals surface area contributed by atoms with Crippen molar-refractivity contribution >= 4 is 40.1 Å². The molecule has 0 unspecified atom stereocenters. The molecule has 4 N–H and O–H groups in total. The summed E-state index contributed by atoms with van der Waals surface area (Å²) < 4.78 is 0. The molecule has 0 aliphatic carbocycles. The summed E-state index contributed by atoms with van der Waals surface area (Å²) in [5, 5.41) is 8.26. The highest BCUT2D eigenvalue weighted by Gasteiger charge is 2.11. The van der Waals surface area contributed by atoms with E-state index in [2.05, 4.69) is 20.2 Å². The summed E-state index contributed by atoms with van der Waals surface area (Å²) in [7, 11) is 0. The van der Waals surface area contributed by atoms with Crippen LogP contribution in [0.3, 0.4) is 0 Å². The van der Waals surface area contributed by atoms with Crippen molar-refractivity contribution in [2.45, 2.75) is 5.75 Å². The molecule has 2 aromatic heterocycles. The van der Waals surface area contributed by atoms with Gasteiger partial charge in [0.15, 0.2) is 11.0 Å². The number of H-pyrrole nitrogens is 2. The van der Waals surface area contributed by atoms with E-state index in [-0.39, 0.29) is 0 Å². The van der Waals surface area contributed by atoms with Gasteiger partial charge in [0.25, 0.3) is 0 Å². The number of rotatable bonds is 3. The number of thioether (sulfide) groups is 1. The zero-order valence-corrected chi connectivity index (χ0v) is 11.8. The third-order valence-corrected chi connectivity index (χ3v) is 3.71. The van der Waals surface area contributed by atoms with E-state index >= 15 is 0 Å². The molecule has 3 rings (SSSR count). The van der Waals surface area contributed by atoms with Gasteiger partial charge in [0.05, 0.1) is 17.0 Å². The van der Waals surface area contributed by atoms with Gasteiger partial charge in [0, 0.05) is 10.9 Å². The maximum Gasteiger partial charge on any atom is 0.155 e. The SMILES string of the molecule is CSCc1nc(Cl)c(-c2ccc3c(N)n[nH]c3c2)[nH]1. The summed E-state index contributed by atoms with van der Waals surface area (Å²) in [5.74, 6) is 2.18. The van der Waals surface area contributed by atoms with E-state index in [4.69, 9.17) is 17.3 Å². The molecule has 0 fully saturated rings. The van der Waals surface area contributed by atoms with Crippen LogP contribution in [0.5, 0.6) is 0 Å². The number of anilines is 1. The molecule has 0 amide bonds. The molecular formula is C12H12ClN5S. The number of benzene rings is 1. The maximum absolute atomic E-state index is 6.17. The Morgan fingerprint density at radius 1 is 1.42 bits per heavy atom. The Morgan fingerprint density at radius 2 is 2.26 bits per heavy atom. The van der Waals surface area contributed by atoms with Crippen LogP contribution in [0.2, 0.25) is 5.15 Å². The van der Waals surface area contributed by atoms with Crippen molar-refractivity contribution in [1.82, 2.24) is 20.2 Å². The second-order valence-electron chi connectivity index (χ2n) is 4.15. The Balaban J connectivity index is 2.08. The van der Waals surface area contributed by atoms with Crippen LogP contribution in [0, 0.1) is 0 Å². The van der Waals surface area contributed by atoms with Crippen molar-refractivity contribution in [2.24, 2.45) is 0 Å². The minimum Gasteiger partial charge on any atom is -0.382 e. The van der Waals surface area contributed by atoms with Crippen LogP contribution < -0.4 is 5.73 Å². The number of imidazole rings is 1. The van der Waals surface area contributed by atoms with E-state index in [1.54, 1.807) is 11.8 Å². The predicted molar refractivity (Wildman–Crippen MR) is 80.3 cm³/mol. The lowest BCUT2D eigenvalue weighted by Gasteiger charge is -1.99. The number of aromatic amines is 2. The van der Waals surface area contributed by atoms with Gasteiger partial charge in [-0.2, -0.15) is 16.9 Å². The number of nitrogen functional groups attached to an aromatic ring is 1.